The van der Waals surface area contributed by atoms with Gasteiger partial charge in [-0.05, 0) is 64.5 Å². The first-order valence-electron chi connectivity index (χ1n) is 8.37. The minimum atomic E-state index is -0.217. The molecule has 0 bridgehead atoms. The summed E-state index contributed by atoms with van der Waals surface area (Å²) in [4.78, 5) is 2.69. The van der Waals surface area contributed by atoms with Gasteiger partial charge in [-0.15, -0.1) is 0 Å². The zero-order chi connectivity index (χ0) is 13.7. The molecule has 0 spiro atoms. The van der Waals surface area contributed by atoms with E-state index in [1.807, 2.05) is 0 Å². The summed E-state index contributed by atoms with van der Waals surface area (Å²) in [6.07, 6.45) is 8.40. The fraction of sp³-hybridized carbons (Fsp3) is 0.765. The van der Waals surface area contributed by atoms with Crippen LogP contribution in [0.25, 0.3) is 0 Å². The summed E-state index contributed by atoms with van der Waals surface area (Å²) in [6.45, 7) is 4.81. The first-order valence-corrected chi connectivity index (χ1v) is 8.37. The number of rotatable bonds is 1. The molecule has 3 nitrogen and oxygen atoms in total. The Hall–Kier alpha value is -0.800. The molecule has 3 heterocycles. The molecule has 0 amide bonds. The van der Waals surface area contributed by atoms with Crippen molar-refractivity contribution in [3.8, 4) is 0 Å². The number of aliphatic hydroxyl groups excluding tert-OH is 1. The number of fused-ring (bicyclic) bond motifs is 2. The third-order valence-electron chi connectivity index (χ3n) is 5.78. The molecule has 2 fully saturated rings. The third-order valence-corrected chi connectivity index (χ3v) is 5.78. The second-order valence-corrected chi connectivity index (χ2v) is 6.98. The van der Waals surface area contributed by atoms with Crippen LogP contribution in [0.2, 0.25) is 0 Å². The van der Waals surface area contributed by atoms with Crippen molar-refractivity contribution in [1.29, 1.82) is 0 Å². The van der Waals surface area contributed by atoms with Gasteiger partial charge >= 0.3 is 0 Å². The lowest BCUT2D eigenvalue weighted by Crippen LogP contribution is -2.39. The molecule has 4 rings (SSSR count). The first kappa shape index (κ1) is 12.9. The standard InChI is InChI=1S/C17H26N2O/c1-12-10-15-16(5-2-6-17(15)20)19(12)14-7-9-18-8-3-4-13(18)11-14/h10,13-14,17,20H,2-9,11H2,1H3. The molecule has 3 unspecified atom stereocenters. The SMILES string of the molecule is Cc1cc2c(n1C1CCN3CCCC3C1)CCCC2O. The molecule has 0 aromatic carbocycles. The monoisotopic (exact) mass is 274 g/mol. The second kappa shape index (κ2) is 4.88. The summed E-state index contributed by atoms with van der Waals surface area (Å²) in [5, 5.41) is 10.2. The Bertz CT molecular complexity index is 507. The maximum Gasteiger partial charge on any atom is 0.0807 e. The lowest BCUT2D eigenvalue weighted by Gasteiger charge is -2.37. The predicted octanol–water partition coefficient (Wildman–Crippen LogP) is 2.97. The summed E-state index contributed by atoms with van der Waals surface area (Å²) >= 11 is 0. The highest BCUT2D eigenvalue weighted by atomic mass is 16.3. The van der Waals surface area contributed by atoms with Gasteiger partial charge in [0.05, 0.1) is 6.10 Å². The van der Waals surface area contributed by atoms with E-state index < -0.39 is 0 Å². The van der Waals surface area contributed by atoms with Crippen LogP contribution in [-0.4, -0.2) is 33.7 Å². The van der Waals surface area contributed by atoms with Gasteiger partial charge in [0, 0.05) is 35.6 Å². The van der Waals surface area contributed by atoms with E-state index in [-0.39, 0.29) is 6.10 Å². The van der Waals surface area contributed by atoms with E-state index in [0.717, 1.165) is 25.3 Å². The normalized spacial score (nSPS) is 34.0. The van der Waals surface area contributed by atoms with Crippen LogP contribution in [0.3, 0.4) is 0 Å². The maximum absolute atomic E-state index is 10.2. The van der Waals surface area contributed by atoms with Crippen molar-refractivity contribution in [1.82, 2.24) is 9.47 Å². The summed E-state index contributed by atoms with van der Waals surface area (Å²) in [5.74, 6) is 0. The van der Waals surface area contributed by atoms with Gasteiger partial charge < -0.3 is 14.6 Å². The van der Waals surface area contributed by atoms with Crippen molar-refractivity contribution in [3.63, 3.8) is 0 Å². The smallest absolute Gasteiger partial charge is 0.0807 e. The van der Waals surface area contributed by atoms with Crippen molar-refractivity contribution in [2.24, 2.45) is 0 Å². The van der Waals surface area contributed by atoms with Crippen molar-refractivity contribution < 1.29 is 5.11 Å². The van der Waals surface area contributed by atoms with E-state index in [2.05, 4.69) is 22.5 Å². The predicted molar refractivity (Wildman–Crippen MR) is 79.9 cm³/mol. The lowest BCUT2D eigenvalue weighted by atomic mass is 9.93. The average molecular weight is 274 g/mol. The van der Waals surface area contributed by atoms with Crippen LogP contribution in [-0.2, 0) is 6.42 Å². The van der Waals surface area contributed by atoms with Crippen LogP contribution in [0, 0.1) is 6.92 Å². The molecule has 110 valence electrons. The molecule has 2 saturated heterocycles. The average Bonchev–Trinajstić information content (AvgIpc) is 3.02. The zero-order valence-electron chi connectivity index (χ0n) is 12.5. The molecule has 2 aliphatic heterocycles. The first-order chi connectivity index (χ1) is 9.74. The molecular formula is C17H26N2O. The van der Waals surface area contributed by atoms with E-state index in [0.29, 0.717) is 6.04 Å². The number of hydrogen-bond donors (Lipinski definition) is 1. The molecule has 1 N–H and O–H groups in total. The minimum Gasteiger partial charge on any atom is -0.388 e. The van der Waals surface area contributed by atoms with Gasteiger partial charge in [-0.3, -0.25) is 0 Å². The van der Waals surface area contributed by atoms with Gasteiger partial charge in [-0.1, -0.05) is 0 Å². The van der Waals surface area contributed by atoms with E-state index in [1.54, 1.807) is 0 Å². The van der Waals surface area contributed by atoms with E-state index in [1.165, 1.54) is 55.7 Å². The molecule has 3 heteroatoms. The summed E-state index contributed by atoms with van der Waals surface area (Å²) in [7, 11) is 0. The van der Waals surface area contributed by atoms with Crippen LogP contribution in [0.15, 0.2) is 6.07 Å². The summed E-state index contributed by atoms with van der Waals surface area (Å²) in [5.41, 5.74) is 4.03. The Morgan fingerprint density at radius 2 is 2.00 bits per heavy atom. The number of aryl methyl sites for hydroxylation is 1. The number of aromatic nitrogens is 1. The topological polar surface area (TPSA) is 28.4 Å². The fourth-order valence-electron chi connectivity index (χ4n) is 4.85. The molecule has 3 atom stereocenters. The van der Waals surface area contributed by atoms with Gasteiger partial charge in [0.1, 0.15) is 0 Å². The maximum atomic E-state index is 10.2. The van der Waals surface area contributed by atoms with Crippen molar-refractivity contribution in [2.75, 3.05) is 13.1 Å². The van der Waals surface area contributed by atoms with Crippen LogP contribution >= 0.6 is 0 Å². The van der Waals surface area contributed by atoms with Crippen LogP contribution in [0.4, 0.5) is 0 Å². The van der Waals surface area contributed by atoms with Gasteiger partial charge in [-0.25, -0.2) is 0 Å². The number of nitrogens with zero attached hydrogens (tertiary/aromatic N) is 2. The lowest BCUT2D eigenvalue weighted by molar-refractivity contribution is 0.144. The third kappa shape index (κ3) is 1.94. The molecule has 0 radical (unpaired) electrons. The molecular weight excluding hydrogens is 248 g/mol. The summed E-state index contributed by atoms with van der Waals surface area (Å²) in [6, 6.07) is 3.74. The van der Waals surface area contributed by atoms with Crippen molar-refractivity contribution >= 4 is 0 Å². The number of hydrogen-bond acceptors (Lipinski definition) is 2. The fourth-order valence-corrected chi connectivity index (χ4v) is 4.85. The van der Waals surface area contributed by atoms with E-state index >= 15 is 0 Å². The number of aliphatic hydroxyl groups is 1. The Balaban J connectivity index is 1.65. The minimum absolute atomic E-state index is 0.217. The van der Waals surface area contributed by atoms with Gasteiger partial charge in [-0.2, -0.15) is 0 Å². The van der Waals surface area contributed by atoms with Crippen molar-refractivity contribution in [2.45, 2.75) is 70.1 Å². The van der Waals surface area contributed by atoms with Crippen LogP contribution in [0.5, 0.6) is 0 Å². The van der Waals surface area contributed by atoms with Gasteiger partial charge in [0.15, 0.2) is 0 Å². The molecule has 20 heavy (non-hydrogen) atoms. The van der Waals surface area contributed by atoms with Gasteiger partial charge in [0.25, 0.3) is 0 Å². The highest BCUT2D eigenvalue weighted by Gasteiger charge is 2.34. The molecule has 0 saturated carbocycles. The molecule has 1 aromatic rings. The molecule has 1 aromatic heterocycles. The van der Waals surface area contributed by atoms with Crippen LogP contribution < -0.4 is 0 Å². The second-order valence-electron chi connectivity index (χ2n) is 6.98. The van der Waals surface area contributed by atoms with Crippen molar-refractivity contribution in [3.05, 3.63) is 23.0 Å². The molecule has 1 aliphatic carbocycles. The Morgan fingerprint density at radius 3 is 2.90 bits per heavy atom. The zero-order valence-corrected chi connectivity index (χ0v) is 12.5. The van der Waals surface area contributed by atoms with E-state index in [4.69, 9.17) is 0 Å². The quantitative estimate of drug-likeness (QED) is 0.853. The Morgan fingerprint density at radius 1 is 1.10 bits per heavy atom. The van der Waals surface area contributed by atoms with Gasteiger partial charge in [0.2, 0.25) is 0 Å². The summed E-state index contributed by atoms with van der Waals surface area (Å²) < 4.78 is 2.59. The highest BCUT2D eigenvalue weighted by Crippen LogP contribution is 2.39. The number of piperidine rings is 1. The van der Waals surface area contributed by atoms with E-state index in [9.17, 15) is 5.11 Å². The Kier molecular flexibility index (Phi) is 3.15. The molecule has 3 aliphatic rings. The largest absolute Gasteiger partial charge is 0.388 e. The Labute approximate surface area is 121 Å². The highest BCUT2D eigenvalue weighted by molar-refractivity contribution is 5.32. The van der Waals surface area contributed by atoms with Crippen LogP contribution in [0.1, 0.15) is 67.6 Å².